The number of ketones is 1. The van der Waals surface area contributed by atoms with Crippen molar-refractivity contribution in [3.05, 3.63) is 48.1 Å². The third kappa shape index (κ3) is 8.92. The van der Waals surface area contributed by atoms with Crippen LogP contribution in [0.15, 0.2) is 48.1 Å². The Bertz CT molecular complexity index is 837. The molecule has 1 fully saturated rings. The number of nitrogens with one attached hydrogen (secondary N) is 1. The second kappa shape index (κ2) is 13.0. The lowest BCUT2D eigenvalue weighted by Gasteiger charge is -2.28. The maximum atomic E-state index is 12.6. The van der Waals surface area contributed by atoms with Crippen LogP contribution >= 0.6 is 0 Å². The van der Waals surface area contributed by atoms with E-state index in [1.54, 1.807) is 32.1 Å². The van der Waals surface area contributed by atoms with E-state index in [0.29, 0.717) is 24.8 Å². The molecular weight excluding hydrogens is 422 g/mol. The predicted octanol–water partition coefficient (Wildman–Crippen LogP) is 3.34. The minimum atomic E-state index is -0.688. The van der Waals surface area contributed by atoms with Crippen molar-refractivity contribution in [1.82, 2.24) is 5.32 Å². The van der Waals surface area contributed by atoms with Crippen LogP contribution in [0.25, 0.3) is 0 Å². The first-order chi connectivity index (χ1) is 15.7. The Hall–Kier alpha value is -2.80. The third-order valence-corrected chi connectivity index (χ3v) is 6.01. The Morgan fingerprint density at radius 2 is 1.85 bits per heavy atom. The van der Waals surface area contributed by atoms with Crippen molar-refractivity contribution in [2.45, 2.75) is 71.5 Å². The van der Waals surface area contributed by atoms with Crippen molar-refractivity contribution in [1.29, 1.82) is 0 Å². The fourth-order valence-corrected chi connectivity index (χ4v) is 4.04. The van der Waals surface area contributed by atoms with E-state index in [0.717, 1.165) is 6.42 Å². The van der Waals surface area contributed by atoms with Crippen LogP contribution in [0.5, 0.6) is 0 Å². The van der Waals surface area contributed by atoms with Gasteiger partial charge in [-0.25, -0.2) is 4.79 Å². The molecule has 0 bridgehead atoms. The molecule has 180 valence electrons. The highest BCUT2D eigenvalue weighted by molar-refractivity contribution is 5.97. The van der Waals surface area contributed by atoms with Gasteiger partial charge in [-0.15, -0.1) is 0 Å². The molecule has 2 aliphatic rings. The molecule has 2 aliphatic heterocycles. The summed E-state index contributed by atoms with van der Waals surface area (Å²) in [4.78, 5) is 47.8. The molecule has 0 aliphatic carbocycles. The second-order valence-corrected chi connectivity index (χ2v) is 8.96. The largest absolute Gasteiger partial charge is 0.454 e. The summed E-state index contributed by atoms with van der Waals surface area (Å²) < 4.78 is 5.65. The molecule has 7 nitrogen and oxygen atoms in total. The summed E-state index contributed by atoms with van der Waals surface area (Å²) in [7, 11) is 0. The van der Waals surface area contributed by atoms with Gasteiger partial charge in [-0.2, -0.15) is 0 Å². The molecule has 2 N–H and O–H groups in total. The van der Waals surface area contributed by atoms with Crippen LogP contribution in [0.2, 0.25) is 0 Å². The highest BCUT2D eigenvalue weighted by Crippen LogP contribution is 2.24. The lowest BCUT2D eigenvalue weighted by Crippen LogP contribution is -2.38. The molecule has 0 saturated carbocycles. The smallest absolute Gasteiger partial charge is 0.331 e. The van der Waals surface area contributed by atoms with Crippen molar-refractivity contribution < 1.29 is 29.0 Å². The fraction of sp³-hybridized carbons (Fsp3) is 0.538. The van der Waals surface area contributed by atoms with Crippen molar-refractivity contribution in [2.24, 2.45) is 17.8 Å². The summed E-state index contributed by atoms with van der Waals surface area (Å²) >= 11 is 0. The first-order valence-electron chi connectivity index (χ1n) is 11.6. The van der Waals surface area contributed by atoms with Crippen molar-refractivity contribution in [3.8, 4) is 0 Å². The van der Waals surface area contributed by atoms with E-state index >= 15 is 0 Å². The highest BCUT2D eigenvalue weighted by atomic mass is 16.5. The molecule has 2 heterocycles. The van der Waals surface area contributed by atoms with Crippen molar-refractivity contribution in [2.75, 3.05) is 0 Å². The highest BCUT2D eigenvalue weighted by Gasteiger charge is 2.29. The van der Waals surface area contributed by atoms with Gasteiger partial charge in [0.15, 0.2) is 5.78 Å². The number of amides is 2. The van der Waals surface area contributed by atoms with Gasteiger partial charge < -0.3 is 9.84 Å². The number of hydrogen-bond acceptors (Lipinski definition) is 6. The van der Waals surface area contributed by atoms with Gasteiger partial charge in [0, 0.05) is 30.8 Å². The lowest BCUT2D eigenvalue weighted by molar-refractivity contribution is -0.145. The zero-order valence-corrected chi connectivity index (χ0v) is 19.7. The zero-order chi connectivity index (χ0) is 24.4. The first-order valence-corrected chi connectivity index (χ1v) is 11.6. The van der Waals surface area contributed by atoms with Gasteiger partial charge in [0.25, 0.3) is 0 Å². The molecule has 0 aromatic rings. The summed E-state index contributed by atoms with van der Waals surface area (Å²) in [6, 6.07) is 0. The quantitative estimate of drug-likeness (QED) is 0.274. The normalized spacial score (nSPS) is 27.0. The molecule has 2 amide bonds. The Labute approximate surface area is 195 Å². The number of ether oxygens (including phenoxy) is 1. The van der Waals surface area contributed by atoms with Crippen LogP contribution in [0.4, 0.5) is 0 Å². The van der Waals surface area contributed by atoms with Gasteiger partial charge in [0.2, 0.25) is 11.8 Å². The Morgan fingerprint density at radius 1 is 1.18 bits per heavy atom. The van der Waals surface area contributed by atoms with E-state index in [4.69, 9.17) is 4.74 Å². The topological polar surface area (TPSA) is 110 Å². The molecular formula is C26H35NO6. The number of aliphatic hydroxyl groups is 1. The molecule has 0 aromatic carbocycles. The number of imide groups is 1. The Balaban J connectivity index is 2.05. The van der Waals surface area contributed by atoms with Gasteiger partial charge in [-0.3, -0.25) is 19.7 Å². The van der Waals surface area contributed by atoms with Crippen LogP contribution in [-0.4, -0.2) is 40.9 Å². The minimum Gasteiger partial charge on any atom is -0.454 e. The summed E-state index contributed by atoms with van der Waals surface area (Å²) in [5.41, 5.74) is 0.702. The number of aliphatic hydroxyl groups excluding tert-OH is 1. The zero-order valence-electron chi connectivity index (χ0n) is 19.7. The van der Waals surface area contributed by atoms with Gasteiger partial charge in [-0.1, -0.05) is 44.2 Å². The number of carbonyl (C=O) groups is 4. The van der Waals surface area contributed by atoms with Crippen LogP contribution in [-0.2, 0) is 23.9 Å². The van der Waals surface area contributed by atoms with Crippen LogP contribution in [0.3, 0.4) is 0 Å². The molecule has 7 heteroatoms. The third-order valence-electron chi connectivity index (χ3n) is 6.01. The average Bonchev–Trinajstić information content (AvgIpc) is 2.74. The number of cyclic esters (lactones) is 1. The van der Waals surface area contributed by atoms with Crippen LogP contribution < -0.4 is 5.32 Å². The molecule has 2 rings (SSSR count). The van der Waals surface area contributed by atoms with E-state index in [1.807, 2.05) is 19.1 Å². The van der Waals surface area contributed by atoms with Crippen LogP contribution in [0.1, 0.15) is 59.3 Å². The summed E-state index contributed by atoms with van der Waals surface area (Å²) in [6.07, 6.45) is 13.7. The van der Waals surface area contributed by atoms with Crippen molar-refractivity contribution in [3.63, 3.8) is 0 Å². The Morgan fingerprint density at radius 3 is 2.55 bits per heavy atom. The average molecular weight is 458 g/mol. The molecule has 0 spiro atoms. The van der Waals surface area contributed by atoms with E-state index < -0.39 is 24.1 Å². The summed E-state index contributed by atoms with van der Waals surface area (Å²) in [5.74, 6) is -2.07. The van der Waals surface area contributed by atoms with E-state index in [1.165, 1.54) is 12.2 Å². The number of carbonyl (C=O) groups excluding carboxylic acids is 4. The number of piperidine rings is 1. The SMILES string of the molecule is CC(=CC(C)C(=O)C=CCC1CC(=O)NC(=O)C1)C1OC(=O)C=CCCC=CCC(O)C1C. The molecule has 1 saturated heterocycles. The van der Waals surface area contributed by atoms with E-state index in [-0.39, 0.29) is 42.3 Å². The van der Waals surface area contributed by atoms with Gasteiger partial charge in [-0.05, 0) is 50.2 Å². The van der Waals surface area contributed by atoms with E-state index in [2.05, 4.69) is 5.32 Å². The monoisotopic (exact) mass is 457 g/mol. The van der Waals surface area contributed by atoms with Gasteiger partial charge in [0.1, 0.15) is 6.10 Å². The van der Waals surface area contributed by atoms with Gasteiger partial charge >= 0.3 is 5.97 Å². The molecule has 4 atom stereocenters. The molecule has 0 radical (unpaired) electrons. The maximum Gasteiger partial charge on any atom is 0.331 e. The molecule has 33 heavy (non-hydrogen) atoms. The number of rotatable bonds is 6. The number of esters is 1. The van der Waals surface area contributed by atoms with Crippen molar-refractivity contribution >= 4 is 23.6 Å². The molecule has 4 unspecified atom stereocenters. The lowest BCUT2D eigenvalue weighted by atomic mass is 9.88. The predicted molar refractivity (Wildman–Crippen MR) is 125 cm³/mol. The fourth-order valence-electron chi connectivity index (χ4n) is 4.04. The summed E-state index contributed by atoms with van der Waals surface area (Å²) in [5, 5.41) is 12.8. The number of hydrogen-bond donors (Lipinski definition) is 2. The molecule has 0 aromatic heterocycles. The summed E-state index contributed by atoms with van der Waals surface area (Å²) in [6.45, 7) is 5.39. The number of allylic oxidation sites excluding steroid dienone is 5. The van der Waals surface area contributed by atoms with E-state index in [9.17, 15) is 24.3 Å². The maximum absolute atomic E-state index is 12.6. The van der Waals surface area contributed by atoms with Gasteiger partial charge in [0.05, 0.1) is 6.10 Å². The second-order valence-electron chi connectivity index (χ2n) is 8.96. The van der Waals surface area contributed by atoms with Crippen LogP contribution in [0, 0.1) is 17.8 Å². The standard InChI is InChI=1S/C26H35NO6/c1-17(21(28)12-9-10-20-15-23(30)27-24(31)16-20)14-18(2)26-19(3)22(29)11-7-5-4-6-8-13-25(32)33-26/h5,7-9,12-14,17,19-20,22,26,29H,4,6,10-11,15-16H2,1-3H3,(H,27,30,31). The Kier molecular flexibility index (Phi) is 10.5. The first kappa shape index (κ1) is 26.5. The minimum absolute atomic E-state index is 0.0945.